The molecule has 150 valence electrons. The van der Waals surface area contributed by atoms with E-state index in [2.05, 4.69) is 20.3 Å². The number of carbonyl (C=O) groups excluding carboxylic acids is 3. The second kappa shape index (κ2) is 9.91. The van der Waals surface area contributed by atoms with Crippen LogP contribution in [0.5, 0.6) is 0 Å². The summed E-state index contributed by atoms with van der Waals surface area (Å²) in [4.78, 5) is 46.2. The molecule has 2 amide bonds. The molecule has 0 bridgehead atoms. The normalized spacial score (nSPS) is 23.1. The number of nitrogens with zero attached hydrogens (tertiary/aromatic N) is 3. The van der Waals surface area contributed by atoms with Gasteiger partial charge in [0.1, 0.15) is 24.1 Å². The number of thioether (sulfide) groups is 1. The van der Waals surface area contributed by atoms with Crippen LogP contribution in [0.25, 0.3) is 0 Å². The number of nitrogens with two attached hydrogens (primary N) is 1. The molecular formula is C15H16N5NaO6S2. The molecule has 2 aliphatic rings. The third-order valence-electron chi connectivity index (χ3n) is 3.96. The Balaban J connectivity index is 0.00000363. The van der Waals surface area contributed by atoms with Crippen molar-refractivity contribution in [2.24, 2.45) is 5.16 Å². The molecule has 0 aromatic carbocycles. The van der Waals surface area contributed by atoms with Crippen molar-refractivity contribution < 1.29 is 62.7 Å². The fourth-order valence-corrected chi connectivity index (χ4v) is 4.69. The van der Waals surface area contributed by atoms with Crippen LogP contribution in [0.1, 0.15) is 9.81 Å². The van der Waals surface area contributed by atoms with Crippen LogP contribution in [-0.2, 0) is 24.0 Å². The fraction of sp³-hybridized carbons (Fsp3) is 0.400. The maximum absolute atomic E-state index is 12.8. The van der Waals surface area contributed by atoms with Gasteiger partial charge >= 0.3 is 29.6 Å². The van der Waals surface area contributed by atoms with Crippen molar-refractivity contribution in [3.63, 3.8) is 0 Å². The first kappa shape index (κ1) is 19.3. The van der Waals surface area contributed by atoms with Gasteiger partial charge in [0.15, 0.2) is 10.8 Å². The molecule has 2 atom stereocenters. The van der Waals surface area contributed by atoms with E-state index in [1.54, 1.807) is 0 Å². The fourth-order valence-electron chi connectivity index (χ4n) is 2.81. The number of oxime groups is 1. The van der Waals surface area contributed by atoms with Gasteiger partial charge in [0, 0.05) is 18.2 Å². The van der Waals surface area contributed by atoms with E-state index in [0.29, 0.717) is 5.57 Å². The van der Waals surface area contributed by atoms with E-state index in [0.717, 1.165) is 16.2 Å². The summed E-state index contributed by atoms with van der Waals surface area (Å²) < 4.78 is 26.2. The van der Waals surface area contributed by atoms with Crippen molar-refractivity contribution in [2.45, 2.75) is 11.4 Å². The molecule has 3 heterocycles. The number of hydrogen-bond donors (Lipinski definition) is 2. The zero-order valence-corrected chi connectivity index (χ0v) is 19.0. The van der Waals surface area contributed by atoms with E-state index in [4.69, 9.17) is 14.6 Å². The Kier molecular flexibility index (Phi) is 6.61. The van der Waals surface area contributed by atoms with Gasteiger partial charge in [-0.2, -0.15) is 0 Å². The molecule has 0 radical (unpaired) electrons. The number of nitrogens with one attached hydrogen (secondary N) is 1. The molecule has 3 rings (SSSR count). The molecule has 14 heteroatoms. The third kappa shape index (κ3) is 4.59. The topological polar surface area (TPSA) is 159 Å². The summed E-state index contributed by atoms with van der Waals surface area (Å²) in [6, 6.07) is -1.08. The summed E-state index contributed by atoms with van der Waals surface area (Å²) >= 11 is 2.22. The second-order valence-electron chi connectivity index (χ2n) is 5.64. The zero-order valence-electron chi connectivity index (χ0n) is 18.3. The molecule has 11 nitrogen and oxygen atoms in total. The first-order chi connectivity index (χ1) is 14.5. The van der Waals surface area contributed by atoms with Crippen LogP contribution in [0.2, 0.25) is 0 Å². The van der Waals surface area contributed by atoms with Gasteiger partial charge in [0.2, 0.25) is 0 Å². The number of carboxylic acid groups (broad SMARTS) is 1. The number of fused-ring (bicyclic) bond motifs is 1. The predicted molar refractivity (Wildman–Crippen MR) is 99.0 cm³/mol. The Bertz CT molecular complexity index is 985. The van der Waals surface area contributed by atoms with Crippen molar-refractivity contribution in [3.05, 3.63) is 22.3 Å². The molecule has 1 aromatic rings. The Morgan fingerprint density at radius 3 is 2.93 bits per heavy atom. The monoisotopic (exact) mass is 453 g/mol. The van der Waals surface area contributed by atoms with Crippen LogP contribution in [0.3, 0.4) is 0 Å². The summed E-state index contributed by atoms with van der Waals surface area (Å²) in [5.74, 6) is -2.88. The zero-order chi connectivity index (χ0) is 22.9. The Morgan fingerprint density at radius 1 is 1.59 bits per heavy atom. The van der Waals surface area contributed by atoms with Gasteiger partial charge in [-0.3, -0.25) is 14.5 Å². The van der Waals surface area contributed by atoms with Crippen LogP contribution in [0.15, 0.2) is 21.8 Å². The van der Waals surface area contributed by atoms with E-state index in [1.165, 1.54) is 24.3 Å². The van der Waals surface area contributed by atoms with Gasteiger partial charge in [-0.15, -0.1) is 23.1 Å². The molecule has 1 aromatic heterocycles. The Labute approximate surface area is 200 Å². The molecule has 0 unspecified atom stereocenters. The number of amides is 2. The average Bonchev–Trinajstić information content (AvgIpc) is 3.10. The number of hydrogen-bond acceptors (Lipinski definition) is 11. The van der Waals surface area contributed by atoms with Crippen LogP contribution in [0.4, 0.5) is 5.13 Å². The van der Waals surface area contributed by atoms with Crippen LogP contribution >= 0.6 is 23.1 Å². The summed E-state index contributed by atoms with van der Waals surface area (Å²) in [7, 11) is -1.52. The maximum atomic E-state index is 12.8. The van der Waals surface area contributed by atoms with E-state index < -0.39 is 41.9 Å². The van der Waals surface area contributed by atoms with Gasteiger partial charge in [-0.05, 0) is 5.57 Å². The second-order valence-corrected chi connectivity index (χ2v) is 7.63. The molecule has 2 aliphatic heterocycles. The first-order valence-corrected chi connectivity index (χ1v) is 9.61. The number of ether oxygens (including phenoxy) is 1. The number of methoxy groups -OCH3 is 1. The van der Waals surface area contributed by atoms with E-state index >= 15 is 0 Å². The van der Waals surface area contributed by atoms with E-state index in [-0.39, 0.29) is 58.4 Å². The van der Waals surface area contributed by atoms with Crippen molar-refractivity contribution in [3.8, 4) is 0 Å². The first-order valence-electron chi connectivity index (χ1n) is 9.19. The number of rotatable bonds is 7. The smallest absolute Gasteiger partial charge is 0.543 e. The number of anilines is 1. The predicted octanol–water partition coefficient (Wildman–Crippen LogP) is -4.87. The van der Waals surface area contributed by atoms with Crippen molar-refractivity contribution >= 4 is 51.7 Å². The summed E-state index contributed by atoms with van der Waals surface area (Å²) in [5, 5.41) is 18.1. The molecule has 0 aliphatic carbocycles. The number of aromatic nitrogens is 1. The van der Waals surface area contributed by atoms with Gasteiger partial charge in [-0.1, -0.05) is 5.16 Å². The van der Waals surface area contributed by atoms with Crippen LogP contribution in [-0.4, -0.2) is 71.3 Å². The van der Waals surface area contributed by atoms with E-state index in [1.807, 2.05) is 0 Å². The molecule has 0 saturated carbocycles. The van der Waals surface area contributed by atoms with Crippen molar-refractivity contribution in [1.29, 1.82) is 0 Å². The molecule has 0 spiro atoms. The summed E-state index contributed by atoms with van der Waals surface area (Å²) in [5.41, 5.74) is 5.12. The van der Waals surface area contributed by atoms with Gasteiger partial charge in [-0.25, -0.2) is 4.98 Å². The number of β-lactam (4-membered cyclic amide) rings is 1. The average molecular weight is 453 g/mol. The minimum Gasteiger partial charge on any atom is -0.543 e. The SMILES string of the molecule is [2H][13C]([2H])([2H])O/N=C(\C(=O)N[C@@H]1C(=O)N2C(C(=O)[O-])=C(COC)CS[C@H]12)c1csc(N)n1.[Na+]. The Hall–Kier alpha value is -1.64. The number of nitrogen functional groups attached to an aromatic ring is 1. The third-order valence-corrected chi connectivity index (χ3v) is 5.98. The van der Waals surface area contributed by atoms with Crippen molar-refractivity contribution in [1.82, 2.24) is 15.2 Å². The minimum atomic E-state index is -2.92. The summed E-state index contributed by atoms with van der Waals surface area (Å²) in [6.45, 7) is 0.0123. The van der Waals surface area contributed by atoms with Crippen LogP contribution in [0, 0.1) is 0 Å². The van der Waals surface area contributed by atoms with E-state index in [9.17, 15) is 19.5 Å². The standard InChI is InChI=1S/C15H17N5O6S2.Na/c1-25-3-6-4-27-13-9(12(22)20(13)10(6)14(23)24)18-11(21)8(19-26-2)7-5-28-15(16)17-7;/h5,9,13H,3-4H2,1-2H3,(H2,16,17)(H,18,21)(H,23,24);/q;+1/p-1/b19-8-;/t9-,13-;/m1./s1/i2+1D3;. The Morgan fingerprint density at radius 2 is 2.34 bits per heavy atom. The maximum Gasteiger partial charge on any atom is 1.00 e. The number of thiazole rings is 1. The van der Waals surface area contributed by atoms with Gasteiger partial charge < -0.3 is 30.5 Å². The summed E-state index contributed by atoms with van der Waals surface area (Å²) in [6.07, 6.45) is 0. The van der Waals surface area contributed by atoms with Gasteiger partial charge in [0.25, 0.3) is 11.8 Å². The minimum absolute atomic E-state index is 0. The molecule has 1 fully saturated rings. The molecule has 3 N–H and O–H groups in total. The van der Waals surface area contributed by atoms with Crippen molar-refractivity contribution in [2.75, 3.05) is 32.2 Å². The van der Waals surface area contributed by atoms with Gasteiger partial charge in [0.05, 0.1) is 22.4 Å². The number of aliphatic carboxylic acids is 1. The molecular weight excluding hydrogens is 434 g/mol. The van der Waals surface area contributed by atoms with Crippen LogP contribution < -0.4 is 45.7 Å². The quantitative estimate of drug-likeness (QED) is 0.136. The molecule has 1 saturated heterocycles. The largest absolute Gasteiger partial charge is 1.00 e. The number of carbonyl (C=O) groups is 3. The number of carboxylic acids is 1. The molecule has 29 heavy (non-hydrogen) atoms.